The number of aryl methyl sites for hydroxylation is 1. The molecular formula is C24H24BrNO2S. The van der Waals surface area contributed by atoms with E-state index < -0.39 is 10.8 Å². The first-order valence-corrected chi connectivity index (χ1v) is 11.6. The van der Waals surface area contributed by atoms with Gasteiger partial charge in [-0.05, 0) is 54.7 Å². The Hall–Kier alpha value is -2.24. The molecule has 1 N–H and O–H groups in total. The van der Waals surface area contributed by atoms with Gasteiger partial charge < -0.3 is 5.32 Å². The minimum atomic E-state index is -1.34. The maximum Gasteiger partial charge on any atom is 0.252 e. The molecule has 0 saturated heterocycles. The lowest BCUT2D eigenvalue weighted by atomic mass is 10.0. The Morgan fingerprint density at radius 1 is 1.00 bits per heavy atom. The van der Waals surface area contributed by atoms with Crippen LogP contribution in [-0.4, -0.2) is 17.2 Å². The average Bonchev–Trinajstić information content (AvgIpc) is 2.76. The minimum absolute atomic E-state index is 0.172. The Kier molecular flexibility index (Phi) is 7.78. The highest BCUT2D eigenvalue weighted by molar-refractivity contribution is 9.10. The number of rotatable bonds is 8. The SMILES string of the molecule is CNC(=O)c1ccccc1S(=O)[C@H](CCCc1cccc(Br)c1)c1ccccc1. The number of hydrogen-bond donors (Lipinski definition) is 1. The van der Waals surface area contributed by atoms with Crippen LogP contribution in [-0.2, 0) is 17.2 Å². The number of nitrogens with one attached hydrogen (secondary N) is 1. The van der Waals surface area contributed by atoms with E-state index in [9.17, 15) is 9.00 Å². The van der Waals surface area contributed by atoms with Gasteiger partial charge in [-0.1, -0.05) is 70.5 Å². The topological polar surface area (TPSA) is 46.2 Å². The summed E-state index contributed by atoms with van der Waals surface area (Å²) in [5.41, 5.74) is 2.76. The molecule has 3 aromatic carbocycles. The molecule has 0 fully saturated rings. The quantitative estimate of drug-likeness (QED) is 0.461. The Balaban J connectivity index is 1.85. The first-order valence-electron chi connectivity index (χ1n) is 9.61. The molecule has 3 nitrogen and oxygen atoms in total. The summed E-state index contributed by atoms with van der Waals surface area (Å²) in [5, 5.41) is 2.48. The standard InChI is InChI=1S/C24H24BrNO2S/c1-26-24(27)21-14-5-6-15-23(21)29(28)22(19-11-3-2-4-12-19)16-8-10-18-9-7-13-20(25)17-18/h2-7,9,11-15,17,22H,8,10,16H2,1H3,(H,26,27)/t22-,29?/m1/s1. The molecule has 0 spiro atoms. The maximum atomic E-state index is 13.6. The molecule has 3 aromatic rings. The summed E-state index contributed by atoms with van der Waals surface area (Å²) < 4.78 is 14.7. The number of benzene rings is 3. The molecule has 5 heteroatoms. The van der Waals surface area contributed by atoms with E-state index in [0.717, 1.165) is 29.3 Å². The second-order valence-electron chi connectivity index (χ2n) is 6.79. The van der Waals surface area contributed by atoms with Crippen molar-refractivity contribution >= 4 is 32.6 Å². The third-order valence-corrected chi connectivity index (χ3v) is 7.13. The average molecular weight is 470 g/mol. The van der Waals surface area contributed by atoms with E-state index in [4.69, 9.17) is 0 Å². The Morgan fingerprint density at radius 3 is 2.45 bits per heavy atom. The van der Waals surface area contributed by atoms with Gasteiger partial charge in [0.05, 0.1) is 26.5 Å². The zero-order chi connectivity index (χ0) is 20.6. The molecule has 1 unspecified atom stereocenters. The molecule has 150 valence electrons. The second kappa shape index (κ2) is 10.5. The lowest BCUT2D eigenvalue weighted by Crippen LogP contribution is -2.21. The maximum absolute atomic E-state index is 13.6. The van der Waals surface area contributed by atoms with Crippen molar-refractivity contribution in [1.29, 1.82) is 0 Å². The fraction of sp³-hybridized carbons (Fsp3) is 0.208. The molecular weight excluding hydrogens is 446 g/mol. The van der Waals surface area contributed by atoms with Crippen molar-refractivity contribution in [3.63, 3.8) is 0 Å². The van der Waals surface area contributed by atoms with Gasteiger partial charge in [-0.25, -0.2) is 0 Å². The van der Waals surface area contributed by atoms with Crippen molar-refractivity contribution in [3.05, 3.63) is 100 Å². The molecule has 0 aliphatic heterocycles. The van der Waals surface area contributed by atoms with Gasteiger partial charge in [0.1, 0.15) is 0 Å². The summed E-state index contributed by atoms with van der Waals surface area (Å²) in [7, 11) is 0.254. The molecule has 29 heavy (non-hydrogen) atoms. The first-order chi connectivity index (χ1) is 14.1. The van der Waals surface area contributed by atoms with E-state index in [2.05, 4.69) is 33.4 Å². The van der Waals surface area contributed by atoms with Gasteiger partial charge in [0.25, 0.3) is 5.91 Å². The molecule has 0 radical (unpaired) electrons. The highest BCUT2D eigenvalue weighted by Crippen LogP contribution is 2.32. The van der Waals surface area contributed by atoms with Crippen LogP contribution < -0.4 is 5.32 Å². The van der Waals surface area contributed by atoms with E-state index in [-0.39, 0.29) is 11.2 Å². The third-order valence-electron chi connectivity index (χ3n) is 4.83. The highest BCUT2D eigenvalue weighted by Gasteiger charge is 2.24. The molecule has 0 aromatic heterocycles. The summed E-state index contributed by atoms with van der Waals surface area (Å²) in [6, 6.07) is 25.4. The molecule has 0 bridgehead atoms. The van der Waals surface area contributed by atoms with Gasteiger partial charge >= 0.3 is 0 Å². The summed E-state index contributed by atoms with van der Waals surface area (Å²) in [5.74, 6) is -0.213. The van der Waals surface area contributed by atoms with Crippen molar-refractivity contribution in [2.24, 2.45) is 0 Å². The van der Waals surface area contributed by atoms with Crippen molar-refractivity contribution in [2.75, 3.05) is 7.05 Å². The van der Waals surface area contributed by atoms with Crippen LogP contribution in [0.4, 0.5) is 0 Å². The Bertz CT molecular complexity index is 991. The number of halogens is 1. The van der Waals surface area contributed by atoms with Gasteiger partial charge in [0.2, 0.25) is 0 Å². The zero-order valence-electron chi connectivity index (χ0n) is 16.3. The van der Waals surface area contributed by atoms with Crippen LogP contribution in [0.2, 0.25) is 0 Å². The lowest BCUT2D eigenvalue weighted by Gasteiger charge is -2.19. The smallest absolute Gasteiger partial charge is 0.252 e. The molecule has 0 aliphatic rings. The van der Waals surface area contributed by atoms with Gasteiger partial charge in [-0.3, -0.25) is 9.00 Å². The van der Waals surface area contributed by atoms with Gasteiger partial charge in [0, 0.05) is 11.5 Å². The van der Waals surface area contributed by atoms with Crippen molar-refractivity contribution in [1.82, 2.24) is 5.32 Å². The Labute approximate surface area is 183 Å². The monoisotopic (exact) mass is 469 g/mol. The van der Waals surface area contributed by atoms with Crippen LogP contribution in [0.5, 0.6) is 0 Å². The number of amides is 1. The summed E-state index contributed by atoms with van der Waals surface area (Å²) >= 11 is 3.52. The predicted molar refractivity (Wildman–Crippen MR) is 123 cm³/mol. The van der Waals surface area contributed by atoms with Crippen molar-refractivity contribution < 1.29 is 9.00 Å². The summed E-state index contributed by atoms with van der Waals surface area (Å²) in [6.45, 7) is 0. The lowest BCUT2D eigenvalue weighted by molar-refractivity contribution is 0.0960. The summed E-state index contributed by atoms with van der Waals surface area (Å²) in [4.78, 5) is 12.9. The number of carbonyl (C=O) groups excluding carboxylic acids is 1. The molecule has 0 heterocycles. The van der Waals surface area contributed by atoms with E-state index in [1.165, 1.54) is 5.56 Å². The highest BCUT2D eigenvalue weighted by atomic mass is 79.9. The molecule has 2 atom stereocenters. The molecule has 0 aliphatic carbocycles. The molecule has 3 rings (SSSR count). The van der Waals surface area contributed by atoms with E-state index in [1.54, 1.807) is 25.2 Å². The van der Waals surface area contributed by atoms with E-state index in [1.807, 2.05) is 48.5 Å². The van der Waals surface area contributed by atoms with Gasteiger partial charge in [-0.15, -0.1) is 0 Å². The second-order valence-corrected chi connectivity index (χ2v) is 9.31. The van der Waals surface area contributed by atoms with Crippen LogP contribution >= 0.6 is 15.9 Å². The van der Waals surface area contributed by atoms with E-state index >= 15 is 0 Å². The van der Waals surface area contributed by atoms with Crippen LogP contribution in [0, 0.1) is 0 Å². The van der Waals surface area contributed by atoms with Crippen LogP contribution in [0.25, 0.3) is 0 Å². The van der Waals surface area contributed by atoms with Crippen LogP contribution in [0.3, 0.4) is 0 Å². The van der Waals surface area contributed by atoms with Crippen molar-refractivity contribution in [2.45, 2.75) is 29.4 Å². The van der Waals surface area contributed by atoms with Gasteiger partial charge in [0.15, 0.2) is 0 Å². The first kappa shape index (κ1) is 21.5. The fourth-order valence-corrected chi connectivity index (χ4v) is 5.50. The number of carbonyl (C=O) groups is 1. The van der Waals surface area contributed by atoms with Gasteiger partial charge in [-0.2, -0.15) is 0 Å². The van der Waals surface area contributed by atoms with Crippen LogP contribution in [0.1, 0.15) is 39.6 Å². The summed E-state index contributed by atoms with van der Waals surface area (Å²) in [6.07, 6.45) is 2.59. The zero-order valence-corrected chi connectivity index (χ0v) is 18.7. The molecule has 1 amide bonds. The third kappa shape index (κ3) is 5.64. The predicted octanol–water partition coefficient (Wildman–Crippen LogP) is 5.68. The van der Waals surface area contributed by atoms with Crippen LogP contribution in [0.15, 0.2) is 88.2 Å². The normalized spacial score (nSPS) is 12.9. The molecule has 0 saturated carbocycles. The number of hydrogen-bond acceptors (Lipinski definition) is 2. The largest absolute Gasteiger partial charge is 0.355 e. The Morgan fingerprint density at radius 2 is 1.72 bits per heavy atom. The van der Waals surface area contributed by atoms with Crippen molar-refractivity contribution in [3.8, 4) is 0 Å². The fourth-order valence-electron chi connectivity index (χ4n) is 3.37. The minimum Gasteiger partial charge on any atom is -0.355 e. The van der Waals surface area contributed by atoms with E-state index in [0.29, 0.717) is 10.5 Å².